The molecular weight excluding hydrogens is 266 g/mol. The Labute approximate surface area is 105 Å². The summed E-state index contributed by atoms with van der Waals surface area (Å²) in [7, 11) is 0. The second-order valence-corrected chi connectivity index (χ2v) is 4.49. The zero-order valence-corrected chi connectivity index (χ0v) is 9.73. The lowest BCUT2D eigenvalue weighted by Gasteiger charge is -2.07. The Balaban J connectivity index is 2.26. The maximum atomic E-state index is 13.5. The molecule has 1 aromatic carbocycles. The van der Waals surface area contributed by atoms with E-state index >= 15 is 0 Å². The molecular formula is C12H7F4NS. The second kappa shape index (κ2) is 4.97. The van der Waals surface area contributed by atoms with E-state index < -0.39 is 17.6 Å². The van der Waals surface area contributed by atoms with Crippen LogP contribution >= 0.6 is 11.8 Å². The van der Waals surface area contributed by atoms with Gasteiger partial charge in [-0.3, -0.25) is 0 Å². The van der Waals surface area contributed by atoms with E-state index in [-0.39, 0.29) is 5.03 Å². The third-order valence-corrected chi connectivity index (χ3v) is 3.09. The van der Waals surface area contributed by atoms with Gasteiger partial charge >= 0.3 is 6.18 Å². The van der Waals surface area contributed by atoms with Crippen molar-refractivity contribution in [1.29, 1.82) is 0 Å². The highest BCUT2D eigenvalue weighted by Gasteiger charge is 2.31. The molecule has 0 fully saturated rings. The molecule has 0 saturated heterocycles. The Hall–Kier alpha value is -1.56. The quantitative estimate of drug-likeness (QED) is 0.753. The monoisotopic (exact) mass is 273 g/mol. The fourth-order valence-corrected chi connectivity index (χ4v) is 2.03. The summed E-state index contributed by atoms with van der Waals surface area (Å²) in [5.74, 6) is -0.973. The number of halogens is 4. The van der Waals surface area contributed by atoms with E-state index in [1.54, 1.807) is 30.3 Å². The van der Waals surface area contributed by atoms with Gasteiger partial charge in [0.2, 0.25) is 0 Å². The smallest absolute Gasteiger partial charge is 0.246 e. The summed E-state index contributed by atoms with van der Waals surface area (Å²) in [5, 5.41) is -0.0748. The van der Waals surface area contributed by atoms with Crippen LogP contribution in [0.2, 0.25) is 0 Å². The molecule has 0 N–H and O–H groups in total. The van der Waals surface area contributed by atoms with Crippen LogP contribution < -0.4 is 0 Å². The summed E-state index contributed by atoms with van der Waals surface area (Å²) in [6.45, 7) is 0. The SMILES string of the molecule is Fc1cc(C(F)(F)F)cnc1Sc1ccccc1. The number of hydrogen-bond donors (Lipinski definition) is 0. The van der Waals surface area contributed by atoms with Gasteiger partial charge < -0.3 is 0 Å². The van der Waals surface area contributed by atoms with Crippen molar-refractivity contribution in [3.05, 3.63) is 54.0 Å². The number of alkyl halides is 3. The van der Waals surface area contributed by atoms with Gasteiger partial charge in [-0.1, -0.05) is 30.0 Å². The first-order chi connectivity index (χ1) is 8.47. The van der Waals surface area contributed by atoms with Gasteiger partial charge in [-0.05, 0) is 18.2 Å². The Morgan fingerprint density at radius 2 is 1.72 bits per heavy atom. The lowest BCUT2D eigenvalue weighted by molar-refractivity contribution is -0.138. The van der Waals surface area contributed by atoms with Crippen LogP contribution in [0.4, 0.5) is 17.6 Å². The molecule has 2 aromatic rings. The molecule has 94 valence electrons. The minimum Gasteiger partial charge on any atom is -0.246 e. The average Bonchev–Trinajstić information content (AvgIpc) is 2.32. The van der Waals surface area contributed by atoms with Crippen molar-refractivity contribution in [3.63, 3.8) is 0 Å². The molecule has 6 heteroatoms. The van der Waals surface area contributed by atoms with Crippen molar-refractivity contribution in [2.24, 2.45) is 0 Å². The van der Waals surface area contributed by atoms with Gasteiger partial charge in [-0.15, -0.1) is 0 Å². The molecule has 0 amide bonds. The number of benzene rings is 1. The molecule has 18 heavy (non-hydrogen) atoms. The van der Waals surface area contributed by atoms with Crippen LogP contribution in [0.1, 0.15) is 5.56 Å². The van der Waals surface area contributed by atoms with Crippen molar-refractivity contribution in [1.82, 2.24) is 4.98 Å². The third-order valence-electron chi connectivity index (χ3n) is 2.09. The first-order valence-electron chi connectivity index (χ1n) is 4.92. The first-order valence-corrected chi connectivity index (χ1v) is 5.74. The zero-order chi connectivity index (χ0) is 13.2. The van der Waals surface area contributed by atoms with Gasteiger partial charge in [-0.25, -0.2) is 9.37 Å². The Morgan fingerprint density at radius 3 is 2.28 bits per heavy atom. The van der Waals surface area contributed by atoms with Crippen molar-refractivity contribution < 1.29 is 17.6 Å². The number of rotatable bonds is 2. The van der Waals surface area contributed by atoms with E-state index in [2.05, 4.69) is 4.98 Å². The second-order valence-electron chi connectivity index (χ2n) is 3.42. The van der Waals surface area contributed by atoms with Crippen LogP contribution in [-0.2, 0) is 6.18 Å². The van der Waals surface area contributed by atoms with Crippen molar-refractivity contribution >= 4 is 11.8 Å². The highest BCUT2D eigenvalue weighted by Crippen LogP contribution is 2.33. The van der Waals surface area contributed by atoms with E-state index in [0.717, 1.165) is 11.8 Å². The van der Waals surface area contributed by atoms with E-state index in [0.29, 0.717) is 17.2 Å². The molecule has 0 atom stereocenters. The molecule has 1 nitrogen and oxygen atoms in total. The predicted octanol–water partition coefficient (Wildman–Crippen LogP) is 4.39. The highest BCUT2D eigenvalue weighted by atomic mass is 32.2. The highest BCUT2D eigenvalue weighted by molar-refractivity contribution is 7.99. The summed E-state index contributed by atoms with van der Waals surface area (Å²) in [6.07, 6.45) is -3.95. The molecule has 0 saturated carbocycles. The van der Waals surface area contributed by atoms with Crippen LogP contribution in [0.3, 0.4) is 0 Å². The van der Waals surface area contributed by atoms with E-state index in [1.165, 1.54) is 0 Å². The van der Waals surface area contributed by atoms with Gasteiger partial charge in [-0.2, -0.15) is 13.2 Å². The molecule has 0 spiro atoms. The van der Waals surface area contributed by atoms with Crippen LogP contribution in [0.15, 0.2) is 52.5 Å². The van der Waals surface area contributed by atoms with Gasteiger partial charge in [0.05, 0.1) is 5.56 Å². The average molecular weight is 273 g/mol. The fourth-order valence-electron chi connectivity index (χ4n) is 1.26. The van der Waals surface area contributed by atoms with Gasteiger partial charge in [0.1, 0.15) is 5.03 Å². The maximum absolute atomic E-state index is 13.5. The number of pyridine rings is 1. The molecule has 0 radical (unpaired) electrons. The van der Waals surface area contributed by atoms with E-state index in [1.807, 2.05) is 0 Å². The van der Waals surface area contributed by atoms with Crippen LogP contribution in [0, 0.1) is 5.82 Å². The van der Waals surface area contributed by atoms with Crippen LogP contribution in [0.25, 0.3) is 0 Å². The normalized spacial score (nSPS) is 11.6. The van der Waals surface area contributed by atoms with Crippen molar-refractivity contribution in [2.75, 3.05) is 0 Å². The number of aromatic nitrogens is 1. The topological polar surface area (TPSA) is 12.9 Å². The minimum absolute atomic E-state index is 0.0748. The van der Waals surface area contributed by atoms with E-state index in [9.17, 15) is 17.6 Å². The fraction of sp³-hybridized carbons (Fsp3) is 0.0833. The Kier molecular flexibility index (Phi) is 3.56. The van der Waals surface area contributed by atoms with Crippen LogP contribution in [-0.4, -0.2) is 4.98 Å². The Morgan fingerprint density at radius 1 is 1.06 bits per heavy atom. The van der Waals surface area contributed by atoms with Gasteiger partial charge in [0, 0.05) is 11.1 Å². The van der Waals surface area contributed by atoms with Crippen LogP contribution in [0.5, 0.6) is 0 Å². The molecule has 0 unspecified atom stereocenters. The minimum atomic E-state index is -4.58. The largest absolute Gasteiger partial charge is 0.417 e. The van der Waals surface area contributed by atoms with Crippen molar-refractivity contribution in [3.8, 4) is 0 Å². The Bertz CT molecular complexity index is 540. The third kappa shape index (κ3) is 3.01. The summed E-state index contributed by atoms with van der Waals surface area (Å²) in [4.78, 5) is 4.22. The molecule has 1 aromatic heterocycles. The van der Waals surface area contributed by atoms with E-state index in [4.69, 9.17) is 0 Å². The maximum Gasteiger partial charge on any atom is 0.417 e. The predicted molar refractivity (Wildman–Crippen MR) is 59.8 cm³/mol. The molecule has 0 aliphatic heterocycles. The zero-order valence-electron chi connectivity index (χ0n) is 8.91. The molecule has 0 aliphatic rings. The molecule has 0 bridgehead atoms. The lowest BCUT2D eigenvalue weighted by atomic mass is 10.3. The number of nitrogens with zero attached hydrogens (tertiary/aromatic N) is 1. The molecule has 0 aliphatic carbocycles. The summed E-state index contributed by atoms with van der Waals surface area (Å²) < 4.78 is 50.4. The lowest BCUT2D eigenvalue weighted by Crippen LogP contribution is -2.06. The summed E-state index contributed by atoms with van der Waals surface area (Å²) >= 11 is 0.980. The standard InChI is InChI=1S/C12H7F4NS/c13-10-6-8(12(14,15)16)7-17-11(10)18-9-4-2-1-3-5-9/h1-7H. The first kappa shape index (κ1) is 12.9. The number of hydrogen-bond acceptors (Lipinski definition) is 2. The molecule has 2 rings (SSSR count). The molecule has 1 heterocycles. The van der Waals surface area contributed by atoms with Crippen molar-refractivity contribution in [2.45, 2.75) is 16.1 Å². The summed E-state index contributed by atoms with van der Waals surface area (Å²) in [6, 6.07) is 9.21. The van der Waals surface area contributed by atoms with Gasteiger partial charge in [0.25, 0.3) is 0 Å². The van der Waals surface area contributed by atoms with Gasteiger partial charge in [0.15, 0.2) is 5.82 Å². The summed E-state index contributed by atoms with van der Waals surface area (Å²) in [5.41, 5.74) is -1.09.